The number of carbonyl (C=O) groups excluding carboxylic acids is 2. The zero-order valence-corrected chi connectivity index (χ0v) is 57.5. The number of phosphoric acid groups is 1. The number of allylic oxidation sites excluding steroid dienone is 6. The van der Waals surface area contributed by atoms with E-state index in [0.717, 1.165) is 38.5 Å². The van der Waals surface area contributed by atoms with Crippen LogP contribution in [-0.2, 0) is 32.7 Å². The van der Waals surface area contributed by atoms with Gasteiger partial charge in [0, 0.05) is 12.8 Å². The van der Waals surface area contributed by atoms with Crippen LogP contribution in [0.1, 0.15) is 373 Å². The summed E-state index contributed by atoms with van der Waals surface area (Å²) in [6.45, 7) is 4.29. The molecule has 0 aromatic heterocycles. The number of hydrogen-bond acceptors (Lipinski definition) is 8. The Morgan fingerprint density at radius 1 is 0.369 bits per heavy atom. The van der Waals surface area contributed by atoms with Gasteiger partial charge >= 0.3 is 11.9 Å². The lowest BCUT2D eigenvalue weighted by Gasteiger charge is -2.28. The number of nitrogens with zero attached hydrogens (tertiary/aromatic N) is 1. The molecule has 0 spiro atoms. The van der Waals surface area contributed by atoms with E-state index < -0.39 is 26.5 Å². The van der Waals surface area contributed by atoms with Crippen LogP contribution < -0.4 is 4.89 Å². The zero-order chi connectivity index (χ0) is 61.2. The molecule has 0 heterocycles. The number of phosphoric ester groups is 1. The Labute approximate surface area is 522 Å². The van der Waals surface area contributed by atoms with E-state index in [2.05, 4.69) is 50.3 Å². The molecule has 0 N–H and O–H groups in total. The monoisotopic (exact) mass is 1200 g/mol. The number of quaternary nitrogens is 1. The van der Waals surface area contributed by atoms with Gasteiger partial charge in [-0.1, -0.05) is 326 Å². The first-order chi connectivity index (χ1) is 41.0. The smallest absolute Gasteiger partial charge is 0.306 e. The molecule has 0 aromatic rings. The Balaban J connectivity index is 3.90. The summed E-state index contributed by atoms with van der Waals surface area (Å²) >= 11 is 0. The van der Waals surface area contributed by atoms with E-state index in [-0.39, 0.29) is 32.0 Å². The quantitative estimate of drug-likeness (QED) is 0.0195. The predicted octanol–water partition coefficient (Wildman–Crippen LogP) is 23.2. The van der Waals surface area contributed by atoms with Crippen LogP contribution in [-0.4, -0.2) is 70.0 Å². The number of ether oxygens (including phenoxy) is 2. The standard InChI is InChI=1S/C74H142NO8P/c1-6-8-10-12-14-16-18-20-22-24-26-28-29-30-31-32-33-34-35-36-37-38-39-40-41-42-43-44-45-47-49-51-53-55-57-59-61-63-65-67-74(77)83-72(71-82-84(78,79)81-69-68-75(3,4)5)70-80-73(76)66-64-62-60-58-56-54-52-50-48-46-27-25-23-21-19-17-15-13-11-9-7-2/h18,20,24-27,72H,6-17,19,21-23,28-71H2,1-5H3/b20-18-,26-24-,27-25-. The number of carbonyl (C=O) groups is 2. The van der Waals surface area contributed by atoms with Crippen molar-refractivity contribution in [2.24, 2.45) is 0 Å². The highest BCUT2D eigenvalue weighted by atomic mass is 31.2. The summed E-state index contributed by atoms with van der Waals surface area (Å²) in [5.41, 5.74) is 0. The number of unbranched alkanes of at least 4 members (excludes halogenated alkanes) is 49. The minimum Gasteiger partial charge on any atom is -0.756 e. The third kappa shape index (κ3) is 69.3. The second-order valence-electron chi connectivity index (χ2n) is 26.3. The summed E-state index contributed by atoms with van der Waals surface area (Å²) in [6, 6.07) is 0. The van der Waals surface area contributed by atoms with Crippen molar-refractivity contribution in [1.29, 1.82) is 0 Å². The highest BCUT2D eigenvalue weighted by molar-refractivity contribution is 7.45. The molecular formula is C74H142NO8P. The fourth-order valence-corrected chi connectivity index (χ4v) is 11.7. The van der Waals surface area contributed by atoms with Crippen molar-refractivity contribution in [1.82, 2.24) is 0 Å². The van der Waals surface area contributed by atoms with Gasteiger partial charge in [0.2, 0.25) is 0 Å². The van der Waals surface area contributed by atoms with Crippen LogP contribution in [0.25, 0.3) is 0 Å². The molecule has 496 valence electrons. The second kappa shape index (κ2) is 65.7. The topological polar surface area (TPSA) is 111 Å². The van der Waals surface area contributed by atoms with Gasteiger partial charge in [-0.2, -0.15) is 0 Å². The van der Waals surface area contributed by atoms with Crippen molar-refractivity contribution >= 4 is 19.8 Å². The number of likely N-dealkylation sites (N-methyl/N-ethyl adjacent to an activating group) is 1. The molecule has 0 amide bonds. The fraction of sp³-hybridized carbons (Fsp3) is 0.892. The summed E-state index contributed by atoms with van der Waals surface area (Å²) in [6.07, 6.45) is 83.9. The maximum atomic E-state index is 12.9. The molecule has 0 saturated carbocycles. The minimum absolute atomic E-state index is 0.0282. The molecule has 9 nitrogen and oxygen atoms in total. The molecule has 0 bridgehead atoms. The fourth-order valence-electron chi connectivity index (χ4n) is 11.0. The van der Waals surface area contributed by atoms with E-state index in [1.54, 1.807) is 0 Å². The van der Waals surface area contributed by atoms with Crippen LogP contribution >= 0.6 is 7.82 Å². The van der Waals surface area contributed by atoms with E-state index in [1.807, 2.05) is 21.1 Å². The van der Waals surface area contributed by atoms with Crippen molar-refractivity contribution in [3.8, 4) is 0 Å². The lowest BCUT2D eigenvalue weighted by molar-refractivity contribution is -0.870. The van der Waals surface area contributed by atoms with Gasteiger partial charge in [0.1, 0.15) is 19.8 Å². The summed E-state index contributed by atoms with van der Waals surface area (Å²) in [7, 11) is 1.18. The molecule has 0 aliphatic rings. The molecular weight excluding hydrogens is 1060 g/mol. The van der Waals surface area contributed by atoms with E-state index in [4.69, 9.17) is 18.5 Å². The highest BCUT2D eigenvalue weighted by Gasteiger charge is 2.22. The summed E-state index contributed by atoms with van der Waals surface area (Å²) in [5.74, 6) is -0.815. The molecule has 0 aliphatic heterocycles. The van der Waals surface area contributed by atoms with E-state index in [9.17, 15) is 19.0 Å². The molecule has 0 radical (unpaired) electrons. The van der Waals surface area contributed by atoms with Crippen molar-refractivity contribution in [3.05, 3.63) is 36.5 Å². The SMILES string of the molecule is CCCCCCC/C=C\C/C=C\CCCCCCCCCCCCCCCCCCCCCCCCCCCCCC(=O)OC(COC(=O)CCCCCCCCCCC/C=C\CCCCCCCCCC)COP(=O)([O-])OCC[N+](C)(C)C. The zero-order valence-electron chi connectivity index (χ0n) is 56.6. The first-order valence-corrected chi connectivity index (χ1v) is 38.2. The van der Waals surface area contributed by atoms with E-state index in [1.165, 1.54) is 302 Å². The summed E-state index contributed by atoms with van der Waals surface area (Å²) in [5, 5.41) is 0. The molecule has 0 aliphatic carbocycles. The highest BCUT2D eigenvalue weighted by Crippen LogP contribution is 2.38. The summed E-state index contributed by atoms with van der Waals surface area (Å²) in [4.78, 5) is 38.0. The predicted molar refractivity (Wildman–Crippen MR) is 361 cm³/mol. The Morgan fingerprint density at radius 3 is 0.952 bits per heavy atom. The number of hydrogen-bond donors (Lipinski definition) is 0. The van der Waals surface area contributed by atoms with Gasteiger partial charge in [-0.05, 0) is 70.6 Å². The first-order valence-electron chi connectivity index (χ1n) is 36.7. The van der Waals surface area contributed by atoms with Gasteiger partial charge < -0.3 is 27.9 Å². The van der Waals surface area contributed by atoms with Crippen LogP contribution in [0.3, 0.4) is 0 Å². The van der Waals surface area contributed by atoms with Crippen LogP contribution in [0.5, 0.6) is 0 Å². The maximum Gasteiger partial charge on any atom is 0.306 e. The van der Waals surface area contributed by atoms with Gasteiger partial charge in [-0.25, -0.2) is 0 Å². The van der Waals surface area contributed by atoms with Gasteiger partial charge in [0.15, 0.2) is 6.10 Å². The van der Waals surface area contributed by atoms with Crippen LogP contribution in [0.15, 0.2) is 36.5 Å². The minimum atomic E-state index is -4.64. The average Bonchev–Trinajstić information content (AvgIpc) is 3.61. The van der Waals surface area contributed by atoms with Gasteiger partial charge in [0.25, 0.3) is 7.82 Å². The van der Waals surface area contributed by atoms with Crippen molar-refractivity contribution < 1.29 is 42.1 Å². The van der Waals surface area contributed by atoms with Crippen LogP contribution in [0, 0.1) is 0 Å². The summed E-state index contributed by atoms with van der Waals surface area (Å²) < 4.78 is 34.3. The lowest BCUT2D eigenvalue weighted by atomic mass is 10.0. The van der Waals surface area contributed by atoms with Crippen molar-refractivity contribution in [2.75, 3.05) is 47.5 Å². The third-order valence-electron chi connectivity index (χ3n) is 16.6. The normalized spacial score (nSPS) is 13.3. The first kappa shape index (κ1) is 82.2. The van der Waals surface area contributed by atoms with Crippen LogP contribution in [0.4, 0.5) is 0 Å². The Hall–Kier alpha value is -1.77. The molecule has 2 unspecified atom stereocenters. The molecule has 0 saturated heterocycles. The van der Waals surface area contributed by atoms with Gasteiger partial charge in [0.05, 0.1) is 27.7 Å². The van der Waals surface area contributed by atoms with Crippen molar-refractivity contribution in [3.63, 3.8) is 0 Å². The van der Waals surface area contributed by atoms with Crippen molar-refractivity contribution in [2.45, 2.75) is 380 Å². The molecule has 2 atom stereocenters. The Kier molecular flexibility index (Phi) is 64.3. The lowest BCUT2D eigenvalue weighted by Crippen LogP contribution is -2.37. The molecule has 0 aromatic carbocycles. The molecule has 0 rings (SSSR count). The third-order valence-corrected chi connectivity index (χ3v) is 17.6. The molecule has 0 fully saturated rings. The number of esters is 2. The second-order valence-corrected chi connectivity index (χ2v) is 27.7. The van der Waals surface area contributed by atoms with Crippen LogP contribution in [0.2, 0.25) is 0 Å². The van der Waals surface area contributed by atoms with E-state index in [0.29, 0.717) is 17.4 Å². The van der Waals surface area contributed by atoms with Gasteiger partial charge in [-0.3, -0.25) is 14.2 Å². The molecule has 84 heavy (non-hydrogen) atoms. The largest absolute Gasteiger partial charge is 0.756 e. The van der Waals surface area contributed by atoms with Gasteiger partial charge in [-0.15, -0.1) is 0 Å². The number of rotatable bonds is 69. The average molecular weight is 1200 g/mol. The Bertz CT molecular complexity index is 1510. The Morgan fingerprint density at radius 2 is 0.643 bits per heavy atom. The maximum absolute atomic E-state index is 12.9. The molecule has 10 heteroatoms. The van der Waals surface area contributed by atoms with E-state index >= 15 is 0 Å².